The highest BCUT2D eigenvalue weighted by Gasteiger charge is 2.18. The number of para-hydroxylation sites is 1. The van der Waals surface area contributed by atoms with Crippen molar-refractivity contribution in [3.63, 3.8) is 0 Å². The van der Waals surface area contributed by atoms with E-state index in [1.54, 1.807) is 6.26 Å². The molecule has 2 heterocycles. The van der Waals surface area contributed by atoms with Gasteiger partial charge in [0.2, 0.25) is 0 Å². The molecular formula is C14H13NO3. The van der Waals surface area contributed by atoms with Crippen LogP contribution < -0.4 is 0 Å². The van der Waals surface area contributed by atoms with Gasteiger partial charge in [0.1, 0.15) is 5.58 Å². The first-order chi connectivity index (χ1) is 8.75. The van der Waals surface area contributed by atoms with Crippen molar-refractivity contribution < 1.29 is 14.3 Å². The number of fused-ring (bicyclic) bond motifs is 1. The Hall–Kier alpha value is -2.23. The van der Waals surface area contributed by atoms with Crippen LogP contribution in [0.1, 0.15) is 12.0 Å². The predicted molar refractivity (Wildman–Crippen MR) is 68.4 cm³/mol. The minimum Gasteiger partial charge on any atom is -0.465 e. The van der Waals surface area contributed by atoms with Crippen LogP contribution in [0, 0.1) is 0 Å². The van der Waals surface area contributed by atoms with Crippen LogP contribution in [-0.4, -0.2) is 29.2 Å². The van der Waals surface area contributed by atoms with Crippen LogP contribution in [0.5, 0.6) is 0 Å². The van der Waals surface area contributed by atoms with E-state index in [1.807, 2.05) is 30.3 Å². The molecule has 18 heavy (non-hydrogen) atoms. The topological polar surface area (TPSA) is 53.7 Å². The van der Waals surface area contributed by atoms with E-state index < -0.39 is 6.09 Å². The van der Waals surface area contributed by atoms with Crippen molar-refractivity contribution in [2.75, 3.05) is 13.1 Å². The zero-order valence-corrected chi connectivity index (χ0v) is 9.80. The molecule has 1 N–H and O–H groups in total. The number of hydrogen-bond donors (Lipinski definition) is 1. The van der Waals surface area contributed by atoms with Crippen molar-refractivity contribution in [2.24, 2.45) is 0 Å². The highest BCUT2D eigenvalue weighted by molar-refractivity contribution is 5.91. The average molecular weight is 243 g/mol. The number of benzene rings is 1. The molecule has 1 amide bonds. The Labute approximate surface area is 104 Å². The number of hydrogen-bond acceptors (Lipinski definition) is 2. The molecule has 0 fully saturated rings. The lowest BCUT2D eigenvalue weighted by molar-refractivity contribution is 0.150. The highest BCUT2D eigenvalue weighted by atomic mass is 16.4. The second kappa shape index (κ2) is 4.22. The normalized spacial score (nSPS) is 15.8. The van der Waals surface area contributed by atoms with E-state index in [2.05, 4.69) is 0 Å². The molecule has 0 saturated carbocycles. The van der Waals surface area contributed by atoms with Crippen LogP contribution >= 0.6 is 0 Å². The Morgan fingerprint density at radius 2 is 2.17 bits per heavy atom. The number of carboxylic acid groups (broad SMARTS) is 1. The fourth-order valence-electron chi connectivity index (χ4n) is 2.31. The first kappa shape index (κ1) is 10.9. The van der Waals surface area contributed by atoms with Gasteiger partial charge in [0, 0.05) is 24.0 Å². The van der Waals surface area contributed by atoms with Crippen molar-refractivity contribution in [1.29, 1.82) is 0 Å². The zero-order chi connectivity index (χ0) is 12.5. The van der Waals surface area contributed by atoms with Gasteiger partial charge >= 0.3 is 6.09 Å². The highest BCUT2D eigenvalue weighted by Crippen LogP contribution is 2.30. The molecule has 0 atom stereocenters. The van der Waals surface area contributed by atoms with Crippen LogP contribution in [0.15, 0.2) is 41.0 Å². The first-order valence-corrected chi connectivity index (χ1v) is 5.89. The van der Waals surface area contributed by atoms with E-state index in [0.717, 1.165) is 28.5 Å². The maximum Gasteiger partial charge on any atom is 0.407 e. The second-order valence-corrected chi connectivity index (χ2v) is 4.35. The summed E-state index contributed by atoms with van der Waals surface area (Å²) >= 11 is 0. The standard InChI is InChI=1S/C14H13NO3/c16-14(17)15-7-5-10(6-8-15)12-9-18-13-4-2-1-3-11(12)13/h1-5,9H,6-8H2,(H,16,17). The van der Waals surface area contributed by atoms with E-state index in [4.69, 9.17) is 9.52 Å². The fraction of sp³-hybridized carbons (Fsp3) is 0.214. The lowest BCUT2D eigenvalue weighted by Crippen LogP contribution is -2.33. The number of rotatable bonds is 1. The van der Waals surface area contributed by atoms with Crippen LogP contribution in [0.25, 0.3) is 16.5 Å². The monoisotopic (exact) mass is 243 g/mol. The number of carbonyl (C=O) groups is 1. The van der Waals surface area contributed by atoms with Crippen LogP contribution in [0.4, 0.5) is 4.79 Å². The summed E-state index contributed by atoms with van der Waals surface area (Å²) in [5.41, 5.74) is 3.11. The lowest BCUT2D eigenvalue weighted by atomic mass is 9.99. The molecule has 1 aliphatic rings. The van der Waals surface area contributed by atoms with Crippen LogP contribution in [-0.2, 0) is 0 Å². The molecule has 0 aliphatic carbocycles. The third-order valence-corrected chi connectivity index (χ3v) is 3.31. The summed E-state index contributed by atoms with van der Waals surface area (Å²) in [5, 5.41) is 10.00. The Kier molecular flexibility index (Phi) is 2.55. The molecule has 0 bridgehead atoms. The van der Waals surface area contributed by atoms with Gasteiger partial charge in [-0.15, -0.1) is 0 Å². The summed E-state index contributed by atoms with van der Waals surface area (Å²) < 4.78 is 5.51. The third kappa shape index (κ3) is 1.76. The van der Waals surface area contributed by atoms with E-state index in [9.17, 15) is 4.79 Å². The minimum atomic E-state index is -0.859. The second-order valence-electron chi connectivity index (χ2n) is 4.35. The van der Waals surface area contributed by atoms with Crippen molar-refractivity contribution in [1.82, 2.24) is 4.90 Å². The number of amides is 1. The number of furan rings is 1. The summed E-state index contributed by atoms with van der Waals surface area (Å²) in [7, 11) is 0. The van der Waals surface area contributed by atoms with E-state index in [1.165, 1.54) is 4.90 Å². The van der Waals surface area contributed by atoms with Gasteiger partial charge in [-0.2, -0.15) is 0 Å². The predicted octanol–water partition coefficient (Wildman–Crippen LogP) is 3.20. The molecule has 3 rings (SSSR count). The maximum absolute atomic E-state index is 10.8. The molecule has 4 heteroatoms. The van der Waals surface area contributed by atoms with Crippen molar-refractivity contribution >= 4 is 22.6 Å². The minimum absolute atomic E-state index is 0.449. The Bertz CT molecular complexity index is 627. The fourth-order valence-corrected chi connectivity index (χ4v) is 2.31. The molecule has 0 spiro atoms. The van der Waals surface area contributed by atoms with Crippen LogP contribution in [0.2, 0.25) is 0 Å². The molecule has 0 saturated heterocycles. The number of nitrogens with zero attached hydrogens (tertiary/aromatic N) is 1. The molecule has 1 aromatic heterocycles. The summed E-state index contributed by atoms with van der Waals surface area (Å²) in [6, 6.07) is 7.88. The zero-order valence-electron chi connectivity index (χ0n) is 9.80. The smallest absolute Gasteiger partial charge is 0.407 e. The SMILES string of the molecule is O=C(O)N1CC=C(c2coc3ccccc23)CC1. The summed E-state index contributed by atoms with van der Waals surface area (Å²) in [6.07, 6.45) is 3.60. The Morgan fingerprint density at radius 1 is 1.33 bits per heavy atom. The summed E-state index contributed by atoms with van der Waals surface area (Å²) in [6.45, 7) is 0.991. The molecule has 1 aromatic carbocycles. The van der Waals surface area contributed by atoms with Gasteiger partial charge in [-0.25, -0.2) is 4.79 Å². The Balaban J connectivity index is 1.94. The quantitative estimate of drug-likeness (QED) is 0.836. The largest absolute Gasteiger partial charge is 0.465 e. The van der Waals surface area contributed by atoms with Gasteiger partial charge in [-0.05, 0) is 18.1 Å². The molecule has 0 radical (unpaired) electrons. The molecular weight excluding hydrogens is 230 g/mol. The van der Waals surface area contributed by atoms with Crippen molar-refractivity contribution in [2.45, 2.75) is 6.42 Å². The van der Waals surface area contributed by atoms with E-state index in [-0.39, 0.29) is 0 Å². The van der Waals surface area contributed by atoms with Gasteiger partial charge in [0.25, 0.3) is 0 Å². The lowest BCUT2D eigenvalue weighted by Gasteiger charge is -2.23. The van der Waals surface area contributed by atoms with Crippen LogP contribution in [0.3, 0.4) is 0 Å². The molecule has 1 aliphatic heterocycles. The van der Waals surface area contributed by atoms with Gasteiger partial charge in [-0.3, -0.25) is 0 Å². The molecule has 4 nitrogen and oxygen atoms in total. The first-order valence-electron chi connectivity index (χ1n) is 5.89. The molecule has 92 valence electrons. The molecule has 0 unspecified atom stereocenters. The van der Waals surface area contributed by atoms with Crippen molar-refractivity contribution in [3.8, 4) is 0 Å². The summed E-state index contributed by atoms with van der Waals surface area (Å²) in [5.74, 6) is 0. The van der Waals surface area contributed by atoms with Gasteiger partial charge in [-0.1, -0.05) is 24.3 Å². The summed E-state index contributed by atoms with van der Waals surface area (Å²) in [4.78, 5) is 12.2. The van der Waals surface area contributed by atoms with E-state index >= 15 is 0 Å². The Morgan fingerprint density at radius 3 is 2.89 bits per heavy atom. The molecule has 2 aromatic rings. The van der Waals surface area contributed by atoms with Gasteiger partial charge in [0.05, 0.1) is 6.26 Å². The average Bonchev–Trinajstić information content (AvgIpc) is 2.82. The van der Waals surface area contributed by atoms with E-state index in [0.29, 0.717) is 13.1 Å². The van der Waals surface area contributed by atoms with Gasteiger partial charge < -0.3 is 14.4 Å². The third-order valence-electron chi connectivity index (χ3n) is 3.31. The van der Waals surface area contributed by atoms with Crippen molar-refractivity contribution in [3.05, 3.63) is 42.2 Å². The van der Waals surface area contributed by atoms with Gasteiger partial charge in [0.15, 0.2) is 0 Å². The maximum atomic E-state index is 10.8.